The molecule has 4 aromatic rings. The van der Waals surface area contributed by atoms with Crippen LogP contribution in [0.15, 0.2) is 25.3 Å². The highest BCUT2D eigenvalue weighted by molar-refractivity contribution is 8.54. The first-order chi connectivity index (χ1) is 20.1. The maximum atomic E-state index is 13.1. The van der Waals surface area contributed by atoms with Gasteiger partial charge >= 0.3 is 0 Å². The topological polar surface area (TPSA) is 266 Å². The highest BCUT2D eigenvalue weighted by Crippen LogP contribution is 2.57. The third-order valence-electron chi connectivity index (χ3n) is 7.08. The normalized spacial score (nSPS) is 36.0. The number of phosphoric acid groups is 1. The Hall–Kier alpha value is -2.77. The summed E-state index contributed by atoms with van der Waals surface area (Å²) in [6, 6.07) is 0. The van der Waals surface area contributed by atoms with Crippen LogP contribution in [0, 0.1) is 0 Å². The van der Waals surface area contributed by atoms with Gasteiger partial charge in [0.05, 0.1) is 37.6 Å². The summed E-state index contributed by atoms with van der Waals surface area (Å²) in [6.07, 6.45) is -0.444. The lowest BCUT2D eigenvalue weighted by Gasteiger charge is -2.33. The molecule has 224 valence electrons. The minimum Gasteiger partial charge on any atom is -0.770 e. The van der Waals surface area contributed by atoms with Crippen LogP contribution in [0.25, 0.3) is 22.3 Å². The van der Waals surface area contributed by atoms with Crippen molar-refractivity contribution < 1.29 is 42.0 Å². The molecule has 3 aliphatic heterocycles. The van der Waals surface area contributed by atoms with Gasteiger partial charge in [-0.3, -0.25) is 18.3 Å². The summed E-state index contributed by atoms with van der Waals surface area (Å²) >= 11 is 0.485. The van der Waals surface area contributed by atoms with Gasteiger partial charge in [-0.2, -0.15) is 0 Å². The van der Waals surface area contributed by atoms with Gasteiger partial charge < -0.3 is 44.3 Å². The largest absolute Gasteiger partial charge is 0.770 e. The number of phosphoric ester groups is 1. The van der Waals surface area contributed by atoms with Crippen LogP contribution in [-0.2, 0) is 32.2 Å². The van der Waals surface area contributed by atoms with Crippen molar-refractivity contribution in [2.75, 3.05) is 23.8 Å². The standard InChI is InChI=1S/C20H24N10O9P2S/c21-17-15-19(25-5-23-17)29(7-27-15)13-1-9-11(36-13)3-35-40(31,32)38-10-2-14(37-12(10)4-42-41(33,34)39-9)30-8-28-16-18(22)24-6-26-20(16)30/h5-14H,1-4H2,(H,31,32)(H,33,34)(H2,21,23,25)(H2,22,24,26)/p-2/t9-,10-,11+,12+,13+,14+/m0/s1. The molecule has 8 atom stereocenters. The van der Waals surface area contributed by atoms with Crippen LogP contribution in [0.4, 0.5) is 11.6 Å². The first kappa shape index (κ1) is 28.0. The monoisotopic (exact) mass is 640 g/mol. The Bertz CT molecular complexity index is 1630. The van der Waals surface area contributed by atoms with Crippen LogP contribution >= 0.6 is 26.0 Å². The lowest BCUT2D eigenvalue weighted by molar-refractivity contribution is -0.234. The highest BCUT2D eigenvalue weighted by Gasteiger charge is 2.44. The molecule has 0 aromatic carbocycles. The van der Waals surface area contributed by atoms with Crippen LogP contribution in [0.3, 0.4) is 0 Å². The molecule has 4 N–H and O–H groups in total. The number of nitrogens with two attached hydrogens (primary N) is 2. The molecule has 19 nitrogen and oxygen atoms in total. The summed E-state index contributed by atoms with van der Waals surface area (Å²) < 4.78 is 57.2. The zero-order valence-corrected chi connectivity index (χ0v) is 23.9. The zero-order chi connectivity index (χ0) is 29.2. The van der Waals surface area contributed by atoms with E-state index in [0.29, 0.717) is 33.7 Å². The van der Waals surface area contributed by atoms with Gasteiger partial charge in [0.15, 0.2) is 29.7 Å². The molecule has 2 unspecified atom stereocenters. The smallest absolute Gasteiger partial charge is 0.268 e. The Labute approximate surface area is 239 Å². The molecule has 0 spiro atoms. The minimum absolute atomic E-state index is 0.0174. The quantitative estimate of drug-likeness (QED) is 0.270. The van der Waals surface area contributed by atoms with E-state index in [1.165, 1.54) is 29.9 Å². The third kappa shape index (κ3) is 5.17. The lowest BCUT2D eigenvalue weighted by Crippen LogP contribution is -2.33. The summed E-state index contributed by atoms with van der Waals surface area (Å²) in [5.41, 5.74) is 13.1. The van der Waals surface area contributed by atoms with Crippen molar-refractivity contribution >= 4 is 60.0 Å². The molecule has 3 saturated heterocycles. The van der Waals surface area contributed by atoms with Crippen molar-refractivity contribution in [3.8, 4) is 0 Å². The first-order valence-corrected chi connectivity index (χ1v) is 17.1. The Morgan fingerprint density at radius 1 is 0.786 bits per heavy atom. The maximum Gasteiger partial charge on any atom is 0.268 e. The van der Waals surface area contributed by atoms with E-state index in [2.05, 4.69) is 29.9 Å². The molecule has 0 amide bonds. The first-order valence-electron chi connectivity index (χ1n) is 12.5. The Morgan fingerprint density at radius 2 is 1.33 bits per heavy atom. The molecule has 0 saturated carbocycles. The van der Waals surface area contributed by atoms with E-state index in [4.69, 9.17) is 34.5 Å². The molecule has 0 aliphatic carbocycles. The van der Waals surface area contributed by atoms with Gasteiger partial charge in [-0.05, 0) is 0 Å². The summed E-state index contributed by atoms with van der Waals surface area (Å²) in [6.45, 7) is -5.12. The second kappa shape index (κ2) is 10.4. The highest BCUT2D eigenvalue weighted by atomic mass is 32.7. The molecule has 22 heteroatoms. The van der Waals surface area contributed by atoms with E-state index >= 15 is 0 Å². The average Bonchev–Trinajstić information content (AvgIpc) is 3.71. The number of rotatable bonds is 2. The Morgan fingerprint density at radius 3 is 1.93 bits per heavy atom. The lowest BCUT2D eigenvalue weighted by atomic mass is 10.2. The van der Waals surface area contributed by atoms with Gasteiger partial charge in [-0.1, -0.05) is 11.4 Å². The number of hydrogen-bond donors (Lipinski definition) is 2. The predicted octanol–water partition coefficient (Wildman–Crippen LogP) is -0.124. The Balaban J connectivity index is 1.12. The van der Waals surface area contributed by atoms with Crippen LogP contribution < -0.4 is 21.3 Å². The van der Waals surface area contributed by atoms with Crippen LogP contribution in [-0.4, -0.2) is 75.8 Å². The number of nitrogens with zero attached hydrogens (tertiary/aromatic N) is 8. The van der Waals surface area contributed by atoms with Gasteiger partial charge in [0.25, 0.3) is 7.82 Å². The van der Waals surface area contributed by atoms with Gasteiger partial charge in [-0.15, -0.1) is 0 Å². The van der Waals surface area contributed by atoms with Gasteiger partial charge in [-0.25, -0.2) is 29.9 Å². The van der Waals surface area contributed by atoms with Crippen molar-refractivity contribution in [3.05, 3.63) is 25.3 Å². The average molecular weight is 640 g/mol. The molecular weight excluding hydrogens is 618 g/mol. The van der Waals surface area contributed by atoms with Crippen molar-refractivity contribution in [3.63, 3.8) is 0 Å². The van der Waals surface area contributed by atoms with Crippen molar-refractivity contribution in [1.82, 2.24) is 39.0 Å². The molecule has 7 rings (SSSR count). The molecule has 42 heavy (non-hydrogen) atoms. The predicted molar refractivity (Wildman–Crippen MR) is 140 cm³/mol. The van der Waals surface area contributed by atoms with E-state index in [-0.39, 0.29) is 30.2 Å². The summed E-state index contributed by atoms with van der Waals surface area (Å²) in [5, 5.41) is 0. The van der Waals surface area contributed by atoms with Crippen molar-refractivity contribution in [1.29, 1.82) is 0 Å². The number of hydrogen-bond acceptors (Lipinski definition) is 18. The molecule has 0 radical (unpaired) electrons. The number of aromatic nitrogens is 8. The number of anilines is 2. The third-order valence-corrected chi connectivity index (χ3v) is 11.0. The van der Waals surface area contributed by atoms with Gasteiger partial charge in [0, 0.05) is 18.6 Å². The maximum absolute atomic E-state index is 13.1. The van der Waals surface area contributed by atoms with E-state index < -0.39 is 58.1 Å². The minimum atomic E-state index is -4.92. The zero-order valence-electron chi connectivity index (χ0n) is 21.3. The van der Waals surface area contributed by atoms with E-state index in [1.807, 2.05) is 0 Å². The molecule has 0 bridgehead atoms. The second-order valence-corrected chi connectivity index (χ2v) is 14.8. The fourth-order valence-electron chi connectivity index (χ4n) is 5.15. The van der Waals surface area contributed by atoms with Crippen LogP contribution in [0.2, 0.25) is 0 Å². The molecule has 3 fully saturated rings. The van der Waals surface area contributed by atoms with E-state index in [9.17, 15) is 18.9 Å². The second-order valence-electron chi connectivity index (χ2n) is 9.67. The van der Waals surface area contributed by atoms with E-state index in [1.54, 1.807) is 4.57 Å². The SMILES string of the molecule is Nc1ncnc2c1ncn2[C@H]1C[C@@H]2OP(=O)([O-])OC[C@H]3O[C@@H](n4cnc5c(N)ncnc54)C[C@@H]3OP(=O)([O-])SC[C@H]2O1. The number of ether oxygens (including phenoxy) is 2. The fourth-order valence-corrected chi connectivity index (χ4v) is 8.83. The van der Waals surface area contributed by atoms with Gasteiger partial charge in [0.2, 0.25) is 0 Å². The van der Waals surface area contributed by atoms with E-state index in [0.717, 1.165) is 0 Å². The number of fused-ring (bicyclic) bond motifs is 4. The van der Waals surface area contributed by atoms with Crippen LogP contribution in [0.1, 0.15) is 25.3 Å². The summed E-state index contributed by atoms with van der Waals surface area (Å²) in [5.74, 6) is 0.113. The molecular formula is C20H22N10O9P2S-2. The molecule has 4 aromatic heterocycles. The molecule has 3 aliphatic rings. The van der Waals surface area contributed by atoms with Crippen molar-refractivity contribution in [2.24, 2.45) is 0 Å². The fraction of sp³-hybridized carbons (Fsp3) is 0.500. The molecule has 7 heterocycles. The van der Waals surface area contributed by atoms with Gasteiger partial charge in [0.1, 0.15) is 42.2 Å². The van der Waals surface area contributed by atoms with Crippen LogP contribution in [0.5, 0.6) is 0 Å². The number of imidazole rings is 2. The van der Waals surface area contributed by atoms with Crippen molar-refractivity contribution in [2.45, 2.75) is 49.7 Å². The Kier molecular flexibility index (Phi) is 6.97. The summed E-state index contributed by atoms with van der Waals surface area (Å²) in [7, 11) is -4.92. The number of nitrogen functional groups attached to an aromatic ring is 2. The summed E-state index contributed by atoms with van der Waals surface area (Å²) in [4.78, 5) is 50.5.